The van der Waals surface area contributed by atoms with E-state index in [0.717, 1.165) is 12.0 Å². The molecule has 2 aromatic rings. The maximum absolute atomic E-state index is 13.8. The molecule has 1 fully saturated rings. The van der Waals surface area contributed by atoms with Crippen LogP contribution in [0.5, 0.6) is 0 Å². The number of rotatable bonds is 5. The highest BCUT2D eigenvalue weighted by Gasteiger charge is 2.35. The molecule has 29 heavy (non-hydrogen) atoms. The minimum atomic E-state index is -0.291. The van der Waals surface area contributed by atoms with Crippen molar-refractivity contribution < 1.29 is 14.0 Å². The summed E-state index contributed by atoms with van der Waals surface area (Å²) in [6.07, 6.45) is 1.50. The lowest BCUT2D eigenvalue weighted by atomic mass is 9.83. The lowest BCUT2D eigenvalue weighted by Gasteiger charge is -2.38. The second-order valence-corrected chi connectivity index (χ2v) is 8.03. The van der Waals surface area contributed by atoms with Gasteiger partial charge in [0.15, 0.2) is 0 Å². The first-order valence-electron chi connectivity index (χ1n) is 10.3. The summed E-state index contributed by atoms with van der Waals surface area (Å²) >= 11 is 0. The summed E-state index contributed by atoms with van der Waals surface area (Å²) in [6.45, 7) is 6.66. The molecule has 0 bridgehead atoms. The normalized spacial score (nSPS) is 20.2. The number of aryl methyl sites for hydroxylation is 1. The standard InChI is InChI=1S/C24H29FN2O2/c1-4-17(3)26-23(28)21-13-20(19-10-11-22(25)16(2)12-19)14-27(15-21)24(29)18-8-6-5-7-9-18/h5-12,17,20-21H,4,13-15H2,1-3H3,(H,26,28)/t17-,20-,21+/m0/s1. The summed E-state index contributed by atoms with van der Waals surface area (Å²) in [7, 11) is 0. The number of benzene rings is 2. The van der Waals surface area contributed by atoms with Crippen molar-refractivity contribution in [2.45, 2.75) is 45.6 Å². The van der Waals surface area contributed by atoms with E-state index in [4.69, 9.17) is 0 Å². The van der Waals surface area contributed by atoms with Crippen LogP contribution < -0.4 is 5.32 Å². The Kier molecular flexibility index (Phi) is 6.68. The first-order chi connectivity index (χ1) is 13.9. The Labute approximate surface area is 172 Å². The molecule has 1 N–H and O–H groups in total. The van der Waals surface area contributed by atoms with Crippen molar-refractivity contribution in [3.05, 3.63) is 71.0 Å². The van der Waals surface area contributed by atoms with Crippen molar-refractivity contribution in [2.24, 2.45) is 5.92 Å². The van der Waals surface area contributed by atoms with E-state index in [0.29, 0.717) is 30.6 Å². The maximum Gasteiger partial charge on any atom is 0.253 e. The van der Waals surface area contributed by atoms with E-state index in [1.807, 2.05) is 38.1 Å². The van der Waals surface area contributed by atoms with Gasteiger partial charge in [0.2, 0.25) is 5.91 Å². The second kappa shape index (κ2) is 9.21. The van der Waals surface area contributed by atoms with Gasteiger partial charge in [0.25, 0.3) is 5.91 Å². The molecule has 1 saturated heterocycles. The molecule has 0 radical (unpaired) electrons. The molecule has 0 aromatic heterocycles. The van der Waals surface area contributed by atoms with E-state index in [1.54, 1.807) is 30.0 Å². The van der Waals surface area contributed by atoms with E-state index < -0.39 is 0 Å². The summed E-state index contributed by atoms with van der Waals surface area (Å²) < 4.78 is 13.8. The Morgan fingerprint density at radius 1 is 1.17 bits per heavy atom. The van der Waals surface area contributed by atoms with E-state index in [1.165, 1.54) is 6.07 Å². The Bertz CT molecular complexity index is 868. The van der Waals surface area contributed by atoms with Crippen molar-refractivity contribution in [1.82, 2.24) is 10.2 Å². The first-order valence-corrected chi connectivity index (χ1v) is 10.3. The summed E-state index contributed by atoms with van der Waals surface area (Å²) in [5, 5.41) is 3.05. The van der Waals surface area contributed by atoms with E-state index in [2.05, 4.69) is 5.32 Å². The van der Waals surface area contributed by atoms with Crippen molar-refractivity contribution >= 4 is 11.8 Å². The molecule has 3 atom stereocenters. The Hall–Kier alpha value is -2.69. The highest BCUT2D eigenvalue weighted by Crippen LogP contribution is 2.32. The fourth-order valence-electron chi connectivity index (χ4n) is 3.84. The first kappa shape index (κ1) is 21.0. The van der Waals surface area contributed by atoms with Gasteiger partial charge in [-0.3, -0.25) is 9.59 Å². The number of carbonyl (C=O) groups excluding carboxylic acids is 2. The largest absolute Gasteiger partial charge is 0.353 e. The van der Waals surface area contributed by atoms with Gasteiger partial charge in [-0.2, -0.15) is 0 Å². The molecule has 5 heteroatoms. The molecular formula is C24H29FN2O2. The van der Waals surface area contributed by atoms with Gasteiger partial charge in [-0.25, -0.2) is 4.39 Å². The second-order valence-electron chi connectivity index (χ2n) is 8.03. The number of nitrogens with one attached hydrogen (secondary N) is 1. The average molecular weight is 397 g/mol. The highest BCUT2D eigenvalue weighted by atomic mass is 19.1. The SMILES string of the molecule is CC[C@H](C)NC(=O)[C@@H]1C[C@H](c2ccc(F)c(C)c2)CN(C(=O)c2ccccc2)C1. The Balaban J connectivity index is 1.87. The minimum Gasteiger partial charge on any atom is -0.353 e. The summed E-state index contributed by atoms with van der Waals surface area (Å²) in [5.41, 5.74) is 2.16. The number of piperidine rings is 1. The van der Waals surface area contributed by atoms with Crippen LogP contribution in [0.1, 0.15) is 54.1 Å². The average Bonchev–Trinajstić information content (AvgIpc) is 2.75. The van der Waals surface area contributed by atoms with E-state index >= 15 is 0 Å². The van der Waals surface area contributed by atoms with Crippen LogP contribution in [-0.2, 0) is 4.79 Å². The molecule has 1 aliphatic heterocycles. The third kappa shape index (κ3) is 5.03. The van der Waals surface area contributed by atoms with Crippen molar-refractivity contribution in [1.29, 1.82) is 0 Å². The Morgan fingerprint density at radius 2 is 1.90 bits per heavy atom. The van der Waals surface area contributed by atoms with E-state index in [-0.39, 0.29) is 35.5 Å². The van der Waals surface area contributed by atoms with Crippen LogP contribution in [0.3, 0.4) is 0 Å². The highest BCUT2D eigenvalue weighted by molar-refractivity contribution is 5.94. The lowest BCUT2D eigenvalue weighted by Crippen LogP contribution is -2.49. The van der Waals surface area contributed by atoms with Gasteiger partial charge < -0.3 is 10.2 Å². The number of halogens is 1. The predicted octanol–water partition coefficient (Wildman–Crippen LogP) is 4.29. The summed E-state index contributed by atoms with van der Waals surface area (Å²) in [6, 6.07) is 14.3. The van der Waals surface area contributed by atoms with Gasteiger partial charge in [0.1, 0.15) is 5.82 Å². The number of hydrogen-bond acceptors (Lipinski definition) is 2. The molecule has 0 spiro atoms. The van der Waals surface area contributed by atoms with Crippen LogP contribution >= 0.6 is 0 Å². The van der Waals surface area contributed by atoms with Crippen LogP contribution in [0.15, 0.2) is 48.5 Å². The number of likely N-dealkylation sites (tertiary alicyclic amines) is 1. The quantitative estimate of drug-likeness (QED) is 0.819. The number of hydrogen-bond donors (Lipinski definition) is 1. The molecule has 4 nitrogen and oxygen atoms in total. The molecular weight excluding hydrogens is 367 g/mol. The molecule has 0 unspecified atom stereocenters. The zero-order valence-electron chi connectivity index (χ0n) is 17.3. The monoisotopic (exact) mass is 396 g/mol. The molecule has 154 valence electrons. The lowest BCUT2D eigenvalue weighted by molar-refractivity contribution is -0.127. The summed E-state index contributed by atoms with van der Waals surface area (Å²) in [5.74, 6) is -0.638. The van der Waals surface area contributed by atoms with Crippen LogP contribution in [0.25, 0.3) is 0 Å². The minimum absolute atomic E-state index is 0.0107. The summed E-state index contributed by atoms with van der Waals surface area (Å²) in [4.78, 5) is 27.7. The van der Waals surface area contributed by atoms with Crippen molar-refractivity contribution in [3.63, 3.8) is 0 Å². The smallest absolute Gasteiger partial charge is 0.253 e. The third-order valence-electron chi connectivity index (χ3n) is 5.78. The fourth-order valence-corrected chi connectivity index (χ4v) is 3.84. The Morgan fingerprint density at radius 3 is 2.55 bits per heavy atom. The molecule has 0 aliphatic carbocycles. The zero-order chi connectivity index (χ0) is 21.0. The number of carbonyl (C=O) groups is 2. The van der Waals surface area contributed by atoms with Crippen LogP contribution in [0, 0.1) is 18.7 Å². The molecule has 0 saturated carbocycles. The van der Waals surface area contributed by atoms with Crippen molar-refractivity contribution in [3.8, 4) is 0 Å². The maximum atomic E-state index is 13.8. The molecule has 2 amide bonds. The zero-order valence-corrected chi connectivity index (χ0v) is 17.3. The van der Waals surface area contributed by atoms with E-state index in [9.17, 15) is 14.0 Å². The molecule has 1 heterocycles. The van der Waals surface area contributed by atoms with Gasteiger partial charge >= 0.3 is 0 Å². The molecule has 3 rings (SSSR count). The third-order valence-corrected chi connectivity index (χ3v) is 5.78. The van der Waals surface area contributed by atoms with Crippen LogP contribution in [0.4, 0.5) is 4.39 Å². The topological polar surface area (TPSA) is 49.4 Å². The van der Waals surface area contributed by atoms with Crippen LogP contribution in [-0.4, -0.2) is 35.8 Å². The number of amides is 2. The van der Waals surface area contributed by atoms with Crippen molar-refractivity contribution in [2.75, 3.05) is 13.1 Å². The van der Waals surface area contributed by atoms with Crippen LogP contribution in [0.2, 0.25) is 0 Å². The molecule has 1 aliphatic rings. The number of nitrogens with zero attached hydrogens (tertiary/aromatic N) is 1. The van der Waals surface area contributed by atoms with Gasteiger partial charge in [0, 0.05) is 30.6 Å². The van der Waals surface area contributed by atoms with Gasteiger partial charge in [0.05, 0.1) is 5.92 Å². The van der Waals surface area contributed by atoms with Gasteiger partial charge in [-0.15, -0.1) is 0 Å². The fraction of sp³-hybridized carbons (Fsp3) is 0.417. The van der Waals surface area contributed by atoms with Gasteiger partial charge in [-0.1, -0.05) is 37.3 Å². The predicted molar refractivity (Wildman–Crippen MR) is 112 cm³/mol. The molecule has 2 aromatic carbocycles. The van der Waals surface area contributed by atoms with Gasteiger partial charge in [-0.05, 0) is 56.0 Å².